The molecule has 0 radical (unpaired) electrons. The molecule has 4 aromatic rings. The van der Waals surface area contributed by atoms with E-state index in [4.69, 9.17) is 5.73 Å². The van der Waals surface area contributed by atoms with Gasteiger partial charge in [0.1, 0.15) is 5.75 Å². The highest BCUT2D eigenvalue weighted by atomic mass is 16.3. The summed E-state index contributed by atoms with van der Waals surface area (Å²) in [4.78, 5) is 18.7. The third-order valence-corrected chi connectivity index (χ3v) is 4.67. The lowest BCUT2D eigenvalue weighted by molar-refractivity contribution is 0.1000. The second kappa shape index (κ2) is 7.52. The number of primary amides is 1. The van der Waals surface area contributed by atoms with Gasteiger partial charge in [-0.2, -0.15) is 0 Å². The van der Waals surface area contributed by atoms with Gasteiger partial charge in [-0.1, -0.05) is 24.3 Å². The first-order valence-electron chi connectivity index (χ1n) is 9.05. The van der Waals surface area contributed by atoms with Gasteiger partial charge < -0.3 is 20.9 Å². The zero-order valence-electron chi connectivity index (χ0n) is 15.5. The molecule has 1 heterocycles. The molecule has 6 heteroatoms. The molecule has 3 aromatic carbocycles. The maximum absolute atomic E-state index is 11.4. The Balaban J connectivity index is 1.67. The van der Waals surface area contributed by atoms with Crippen LogP contribution in [0.1, 0.15) is 27.0 Å². The number of aromatic nitrogens is 1. The van der Waals surface area contributed by atoms with E-state index in [1.165, 1.54) is 0 Å². The molecule has 0 unspecified atom stereocenters. The van der Waals surface area contributed by atoms with Gasteiger partial charge in [0.2, 0.25) is 5.91 Å². The van der Waals surface area contributed by atoms with Crippen molar-refractivity contribution in [2.75, 3.05) is 0 Å². The lowest BCUT2D eigenvalue weighted by atomic mass is 10.0. The van der Waals surface area contributed by atoms with Crippen molar-refractivity contribution >= 4 is 28.7 Å². The normalized spacial score (nSPS) is 11.3. The van der Waals surface area contributed by atoms with Crippen LogP contribution in [0.4, 0.5) is 5.69 Å². The van der Waals surface area contributed by atoms with E-state index in [1.807, 2.05) is 30.3 Å². The van der Waals surface area contributed by atoms with Crippen molar-refractivity contribution in [3.05, 3.63) is 89.0 Å². The van der Waals surface area contributed by atoms with Gasteiger partial charge in [-0.05, 0) is 53.9 Å². The third-order valence-electron chi connectivity index (χ3n) is 4.67. The van der Waals surface area contributed by atoms with Gasteiger partial charge in [-0.25, -0.2) is 0 Å². The van der Waals surface area contributed by atoms with Gasteiger partial charge in [0.25, 0.3) is 0 Å². The summed E-state index contributed by atoms with van der Waals surface area (Å²) < 4.78 is 0. The molecule has 0 aliphatic carbocycles. The number of phenolic OH excluding ortho intramolecular Hbond substituents is 1. The molecule has 0 fully saturated rings. The van der Waals surface area contributed by atoms with Crippen molar-refractivity contribution in [3.8, 4) is 11.6 Å². The number of fused-ring (bicyclic) bond motifs is 1. The lowest BCUT2D eigenvalue weighted by Crippen LogP contribution is -2.11. The van der Waals surface area contributed by atoms with E-state index in [1.54, 1.807) is 42.6 Å². The molecule has 144 valence electrons. The number of amides is 1. The number of carbonyl (C=O) groups excluding carboxylic acids is 1. The van der Waals surface area contributed by atoms with E-state index in [0.717, 1.165) is 22.0 Å². The third kappa shape index (κ3) is 3.96. The van der Waals surface area contributed by atoms with Crippen LogP contribution in [0.25, 0.3) is 10.9 Å². The van der Waals surface area contributed by atoms with E-state index < -0.39 is 5.91 Å². The zero-order valence-corrected chi connectivity index (χ0v) is 15.5. The highest BCUT2D eigenvalue weighted by molar-refractivity contribution is 6.02. The summed E-state index contributed by atoms with van der Waals surface area (Å²) >= 11 is 0. The Morgan fingerprint density at radius 2 is 1.79 bits per heavy atom. The number of rotatable bonds is 5. The summed E-state index contributed by atoms with van der Waals surface area (Å²) in [6.07, 6.45) is 2.19. The van der Waals surface area contributed by atoms with Crippen molar-refractivity contribution < 1.29 is 15.0 Å². The molecule has 0 aliphatic rings. The molecular formula is C23H19N3O3. The van der Waals surface area contributed by atoms with Crippen molar-refractivity contribution in [1.82, 2.24) is 4.98 Å². The number of H-pyrrole nitrogens is 1. The van der Waals surface area contributed by atoms with E-state index in [0.29, 0.717) is 23.2 Å². The monoisotopic (exact) mass is 385 g/mol. The Morgan fingerprint density at radius 3 is 2.59 bits per heavy atom. The smallest absolute Gasteiger partial charge is 0.248 e. The summed E-state index contributed by atoms with van der Waals surface area (Å²) in [6.45, 7) is 0. The lowest BCUT2D eigenvalue weighted by Gasteiger charge is -2.04. The second-order valence-corrected chi connectivity index (χ2v) is 6.79. The summed E-state index contributed by atoms with van der Waals surface area (Å²) in [7, 11) is 0. The molecular weight excluding hydrogens is 366 g/mol. The summed E-state index contributed by atoms with van der Waals surface area (Å²) in [6, 6.07) is 19.6. The fourth-order valence-corrected chi connectivity index (χ4v) is 3.27. The molecule has 0 bridgehead atoms. The van der Waals surface area contributed by atoms with Crippen LogP contribution in [0.2, 0.25) is 0 Å². The SMILES string of the molecule is NC(=O)c1cccc(Cc2ccc3[nH]c(O)c(C=Nc4cccc(O)c4)c3c2)c1. The first-order valence-corrected chi connectivity index (χ1v) is 9.05. The average molecular weight is 385 g/mol. The fraction of sp³-hybridized carbons (Fsp3) is 0.0435. The Bertz CT molecular complexity index is 1240. The molecule has 6 nitrogen and oxygen atoms in total. The molecule has 0 saturated carbocycles. The summed E-state index contributed by atoms with van der Waals surface area (Å²) in [5, 5.41) is 20.7. The van der Waals surface area contributed by atoms with Crippen LogP contribution in [-0.4, -0.2) is 27.3 Å². The van der Waals surface area contributed by atoms with Crippen LogP contribution in [-0.2, 0) is 6.42 Å². The molecule has 0 saturated heterocycles. The first kappa shape index (κ1) is 18.3. The van der Waals surface area contributed by atoms with Crippen LogP contribution < -0.4 is 5.73 Å². The van der Waals surface area contributed by atoms with Crippen LogP contribution in [0.5, 0.6) is 11.6 Å². The number of phenols is 1. The minimum atomic E-state index is -0.455. The standard InChI is InChI=1S/C23H19N3O3/c24-22(28)16-4-1-3-14(10-16)9-15-7-8-21-19(11-15)20(23(29)26-21)13-25-17-5-2-6-18(27)12-17/h1-8,10-13,26-27,29H,9H2,(H2,24,28). The Kier molecular flexibility index (Phi) is 4.75. The number of hydrogen-bond acceptors (Lipinski definition) is 4. The first-order chi connectivity index (χ1) is 14.0. The Labute approximate surface area is 167 Å². The molecule has 1 aromatic heterocycles. The van der Waals surface area contributed by atoms with Gasteiger partial charge in [0, 0.05) is 28.7 Å². The number of aromatic hydroxyl groups is 2. The number of benzene rings is 3. The molecule has 0 atom stereocenters. The average Bonchev–Trinajstić information content (AvgIpc) is 3.01. The number of carbonyl (C=O) groups is 1. The molecule has 5 N–H and O–H groups in total. The number of nitrogens with one attached hydrogen (secondary N) is 1. The Hall–Kier alpha value is -4.06. The maximum atomic E-state index is 11.4. The second-order valence-electron chi connectivity index (χ2n) is 6.79. The van der Waals surface area contributed by atoms with E-state index in [-0.39, 0.29) is 11.6 Å². The number of nitrogens with zero attached hydrogens (tertiary/aromatic N) is 1. The van der Waals surface area contributed by atoms with Gasteiger partial charge >= 0.3 is 0 Å². The topological polar surface area (TPSA) is 112 Å². The molecule has 29 heavy (non-hydrogen) atoms. The van der Waals surface area contributed by atoms with Crippen LogP contribution in [0.15, 0.2) is 71.7 Å². The van der Waals surface area contributed by atoms with Crippen molar-refractivity contribution in [2.24, 2.45) is 10.7 Å². The van der Waals surface area contributed by atoms with Gasteiger partial charge in [0.05, 0.1) is 11.3 Å². The molecule has 4 rings (SSSR count). The van der Waals surface area contributed by atoms with Crippen molar-refractivity contribution in [3.63, 3.8) is 0 Å². The fourth-order valence-electron chi connectivity index (χ4n) is 3.27. The quantitative estimate of drug-likeness (QED) is 0.389. The van der Waals surface area contributed by atoms with E-state index >= 15 is 0 Å². The largest absolute Gasteiger partial charge is 0.508 e. The molecule has 0 spiro atoms. The summed E-state index contributed by atoms with van der Waals surface area (Å²) in [5.74, 6) is -0.302. The van der Waals surface area contributed by atoms with Gasteiger partial charge in [-0.3, -0.25) is 9.79 Å². The van der Waals surface area contributed by atoms with Gasteiger partial charge in [-0.15, -0.1) is 0 Å². The minimum absolute atomic E-state index is 0.0248. The summed E-state index contributed by atoms with van der Waals surface area (Å²) in [5.41, 5.74) is 9.76. The van der Waals surface area contributed by atoms with Crippen LogP contribution in [0, 0.1) is 0 Å². The minimum Gasteiger partial charge on any atom is -0.508 e. The zero-order chi connectivity index (χ0) is 20.4. The Morgan fingerprint density at radius 1 is 1.00 bits per heavy atom. The van der Waals surface area contributed by atoms with Crippen LogP contribution in [0.3, 0.4) is 0 Å². The highest BCUT2D eigenvalue weighted by Gasteiger charge is 2.10. The maximum Gasteiger partial charge on any atom is 0.248 e. The van der Waals surface area contributed by atoms with Crippen LogP contribution >= 0.6 is 0 Å². The predicted octanol–water partition coefficient (Wildman–Crippen LogP) is 4.02. The molecule has 1 amide bonds. The predicted molar refractivity (Wildman–Crippen MR) is 113 cm³/mol. The number of nitrogens with two attached hydrogens (primary N) is 1. The number of aromatic amines is 1. The highest BCUT2D eigenvalue weighted by Crippen LogP contribution is 2.28. The van der Waals surface area contributed by atoms with Crippen molar-refractivity contribution in [1.29, 1.82) is 0 Å². The number of hydrogen-bond donors (Lipinski definition) is 4. The van der Waals surface area contributed by atoms with Gasteiger partial charge in [0.15, 0.2) is 5.88 Å². The number of aliphatic imine (C=N–C) groups is 1. The van der Waals surface area contributed by atoms with E-state index in [2.05, 4.69) is 9.98 Å². The van der Waals surface area contributed by atoms with Crippen molar-refractivity contribution in [2.45, 2.75) is 6.42 Å². The molecule has 0 aliphatic heterocycles. The van der Waals surface area contributed by atoms with E-state index in [9.17, 15) is 15.0 Å².